The Morgan fingerprint density at radius 1 is 1.06 bits per heavy atom. The number of rotatable bonds is 9. The molecule has 0 bridgehead atoms. The maximum Gasteiger partial charge on any atom is 0.308 e. The summed E-state index contributed by atoms with van der Waals surface area (Å²) in [5.41, 5.74) is 3.74. The smallest absolute Gasteiger partial charge is 0.308 e. The van der Waals surface area contributed by atoms with Gasteiger partial charge in [0.25, 0.3) is 0 Å². The van der Waals surface area contributed by atoms with Gasteiger partial charge >= 0.3 is 5.97 Å². The van der Waals surface area contributed by atoms with Crippen LogP contribution in [0.25, 0.3) is 28.1 Å². The van der Waals surface area contributed by atoms with Crippen LogP contribution in [-0.4, -0.2) is 39.1 Å². The van der Waals surface area contributed by atoms with Gasteiger partial charge in [0.2, 0.25) is 0 Å². The molecule has 0 aliphatic rings. The summed E-state index contributed by atoms with van der Waals surface area (Å²) in [5, 5.41) is 21.7. The van der Waals surface area contributed by atoms with Gasteiger partial charge in [-0.3, -0.25) is 4.79 Å². The molecule has 0 aliphatic heterocycles. The number of carbonyl (C=O) groups is 1. The Labute approximate surface area is 194 Å². The third-order valence-electron chi connectivity index (χ3n) is 5.36. The molecule has 5 nitrogen and oxygen atoms in total. The number of ether oxygens (including phenoxy) is 1. The molecule has 3 rings (SSSR count). The highest BCUT2D eigenvalue weighted by molar-refractivity contribution is 6.01. The molecule has 0 saturated carbocycles. The number of esters is 1. The van der Waals surface area contributed by atoms with E-state index in [2.05, 4.69) is 18.4 Å². The van der Waals surface area contributed by atoms with E-state index < -0.39 is 18.2 Å². The van der Waals surface area contributed by atoms with Gasteiger partial charge in [-0.15, -0.1) is 0 Å². The van der Waals surface area contributed by atoms with Crippen LogP contribution in [-0.2, 0) is 9.53 Å². The number of hydrogen-bond donors (Lipinski definition) is 2. The van der Waals surface area contributed by atoms with Crippen molar-refractivity contribution in [1.29, 1.82) is 0 Å². The summed E-state index contributed by atoms with van der Waals surface area (Å²) in [5.74, 6) is -0.795. The van der Waals surface area contributed by atoms with Crippen LogP contribution >= 0.6 is 0 Å². The monoisotopic (exact) mass is 453 g/mol. The van der Waals surface area contributed by atoms with Gasteiger partial charge < -0.3 is 19.5 Å². The Bertz CT molecular complexity index is 1120. The average Bonchev–Trinajstić information content (AvgIpc) is 3.06. The predicted octanol–water partition coefficient (Wildman–Crippen LogP) is 5.50. The Balaban J connectivity index is 1.94. The summed E-state index contributed by atoms with van der Waals surface area (Å²) in [6.07, 6.45) is 1.08. The first-order valence-electron chi connectivity index (χ1n) is 11.3. The summed E-state index contributed by atoms with van der Waals surface area (Å²) in [6.45, 7) is 7.65. The first-order valence-corrected chi connectivity index (χ1v) is 11.3. The fourth-order valence-corrected chi connectivity index (χ4v) is 4.07. The number of aromatic nitrogens is 1. The summed E-state index contributed by atoms with van der Waals surface area (Å²) in [6, 6.07) is 14.5. The molecule has 0 amide bonds. The molecule has 1 aromatic heterocycles. The van der Waals surface area contributed by atoms with Crippen molar-refractivity contribution in [2.45, 2.75) is 64.9 Å². The summed E-state index contributed by atoms with van der Waals surface area (Å²) >= 11 is 0. The molecule has 2 atom stereocenters. The molecule has 0 aliphatic carbocycles. The molecular formula is C27H32FNO4. The second-order valence-electron chi connectivity index (χ2n) is 8.81. The number of hydrogen-bond acceptors (Lipinski definition) is 4. The second-order valence-corrected chi connectivity index (χ2v) is 8.81. The van der Waals surface area contributed by atoms with Crippen LogP contribution in [0.15, 0.2) is 54.6 Å². The standard InChI is InChI=1S/C27H32FNO4/c1-17(2)29-24-8-6-5-7-23(24)27(19-9-11-20(28)12-10-19)25(29)14-13-21(30)15-22(31)16-26(32)33-18(3)4/h5-14,17-18,21-22,30-31H,15-16H2,1-4H3/b14-13+/t21-,22-/m1/s1. The molecule has 2 aromatic carbocycles. The normalized spacial score (nSPS) is 13.8. The first kappa shape index (κ1) is 24.7. The van der Waals surface area contributed by atoms with E-state index in [1.807, 2.05) is 30.3 Å². The zero-order valence-corrected chi connectivity index (χ0v) is 19.5. The van der Waals surface area contributed by atoms with Gasteiger partial charge in [0.15, 0.2) is 0 Å². The van der Waals surface area contributed by atoms with Crippen molar-refractivity contribution in [3.05, 3.63) is 66.1 Å². The molecule has 33 heavy (non-hydrogen) atoms. The quantitative estimate of drug-likeness (QED) is 0.420. The number of benzene rings is 2. The minimum absolute atomic E-state index is 0.0114. The molecule has 176 valence electrons. The van der Waals surface area contributed by atoms with Crippen molar-refractivity contribution >= 4 is 22.9 Å². The van der Waals surface area contributed by atoms with E-state index in [9.17, 15) is 19.4 Å². The molecule has 0 fully saturated rings. The highest BCUT2D eigenvalue weighted by Gasteiger charge is 2.20. The van der Waals surface area contributed by atoms with Crippen molar-refractivity contribution in [3.8, 4) is 11.1 Å². The number of aliphatic hydroxyl groups excluding tert-OH is 2. The summed E-state index contributed by atoms with van der Waals surface area (Å²) < 4.78 is 20.8. The van der Waals surface area contributed by atoms with Gasteiger partial charge in [-0.2, -0.15) is 0 Å². The maximum atomic E-state index is 13.6. The second kappa shape index (κ2) is 10.8. The third kappa shape index (κ3) is 6.09. The molecule has 6 heteroatoms. The van der Waals surface area contributed by atoms with Gasteiger partial charge in [0.05, 0.1) is 24.7 Å². The number of halogens is 1. The molecule has 0 unspecified atom stereocenters. The lowest BCUT2D eigenvalue weighted by Gasteiger charge is -2.16. The highest BCUT2D eigenvalue weighted by atomic mass is 19.1. The SMILES string of the molecule is CC(C)OC(=O)C[C@H](O)C[C@H](O)/C=C/c1c(-c2ccc(F)cc2)c2ccccc2n1C(C)C. The Kier molecular flexibility index (Phi) is 8.06. The van der Waals surface area contributed by atoms with Crippen LogP contribution in [0.2, 0.25) is 0 Å². The average molecular weight is 454 g/mol. The van der Waals surface area contributed by atoms with E-state index >= 15 is 0 Å². The topological polar surface area (TPSA) is 71.7 Å². The number of nitrogens with zero attached hydrogens (tertiary/aromatic N) is 1. The van der Waals surface area contributed by atoms with Crippen LogP contribution in [0.5, 0.6) is 0 Å². The predicted molar refractivity (Wildman–Crippen MR) is 129 cm³/mol. The van der Waals surface area contributed by atoms with Gasteiger partial charge in [0.1, 0.15) is 5.82 Å². The minimum atomic E-state index is -1.01. The van der Waals surface area contributed by atoms with Crippen LogP contribution in [0.3, 0.4) is 0 Å². The van der Waals surface area contributed by atoms with Gasteiger partial charge in [-0.05, 0) is 57.5 Å². The molecular weight excluding hydrogens is 421 g/mol. The third-order valence-corrected chi connectivity index (χ3v) is 5.36. The van der Waals surface area contributed by atoms with E-state index in [-0.39, 0.29) is 30.8 Å². The van der Waals surface area contributed by atoms with E-state index in [0.717, 1.165) is 27.7 Å². The highest BCUT2D eigenvalue weighted by Crippen LogP contribution is 2.38. The lowest BCUT2D eigenvalue weighted by Crippen LogP contribution is -2.22. The molecule has 3 aromatic rings. The molecule has 0 radical (unpaired) electrons. The van der Waals surface area contributed by atoms with Crippen molar-refractivity contribution in [2.75, 3.05) is 0 Å². The Hall–Kier alpha value is -2.96. The molecule has 1 heterocycles. The maximum absolute atomic E-state index is 13.6. The lowest BCUT2D eigenvalue weighted by atomic mass is 10.0. The van der Waals surface area contributed by atoms with E-state index in [1.54, 1.807) is 32.1 Å². The van der Waals surface area contributed by atoms with Crippen LogP contribution < -0.4 is 0 Å². The van der Waals surface area contributed by atoms with Crippen molar-refractivity contribution in [3.63, 3.8) is 0 Å². The van der Waals surface area contributed by atoms with Crippen molar-refractivity contribution in [1.82, 2.24) is 4.57 Å². The Morgan fingerprint density at radius 3 is 2.36 bits per heavy atom. The molecule has 0 spiro atoms. The van der Waals surface area contributed by atoms with Crippen molar-refractivity contribution in [2.24, 2.45) is 0 Å². The van der Waals surface area contributed by atoms with Crippen LogP contribution in [0.1, 0.15) is 52.3 Å². The lowest BCUT2D eigenvalue weighted by molar-refractivity contribution is -0.149. The number of fused-ring (bicyclic) bond motifs is 1. The largest absolute Gasteiger partial charge is 0.463 e. The van der Waals surface area contributed by atoms with Gasteiger partial charge in [0, 0.05) is 34.6 Å². The summed E-state index contributed by atoms with van der Waals surface area (Å²) in [4.78, 5) is 11.8. The van der Waals surface area contributed by atoms with E-state index in [4.69, 9.17) is 4.74 Å². The van der Waals surface area contributed by atoms with Crippen LogP contribution in [0, 0.1) is 5.82 Å². The molecule has 0 saturated heterocycles. The first-order chi connectivity index (χ1) is 15.7. The fraction of sp³-hybridized carbons (Fsp3) is 0.370. The van der Waals surface area contributed by atoms with Gasteiger partial charge in [-0.1, -0.05) is 36.4 Å². The number of carbonyl (C=O) groups excluding carboxylic acids is 1. The van der Waals surface area contributed by atoms with E-state index in [1.165, 1.54) is 12.1 Å². The number of para-hydroxylation sites is 1. The van der Waals surface area contributed by atoms with Gasteiger partial charge in [-0.25, -0.2) is 4.39 Å². The summed E-state index contributed by atoms with van der Waals surface area (Å²) in [7, 11) is 0. The van der Waals surface area contributed by atoms with Crippen molar-refractivity contribution < 1.29 is 24.1 Å². The Morgan fingerprint density at radius 2 is 1.73 bits per heavy atom. The van der Waals surface area contributed by atoms with E-state index in [0.29, 0.717) is 0 Å². The minimum Gasteiger partial charge on any atom is -0.463 e. The zero-order chi connectivity index (χ0) is 24.1. The molecule has 2 N–H and O–H groups in total. The fourth-order valence-electron chi connectivity index (χ4n) is 4.07. The zero-order valence-electron chi connectivity index (χ0n) is 19.5. The number of aliphatic hydroxyl groups is 2. The van der Waals surface area contributed by atoms with Crippen LogP contribution in [0.4, 0.5) is 4.39 Å².